The predicted molar refractivity (Wildman–Crippen MR) is 70.8 cm³/mol. The first-order valence-electron chi connectivity index (χ1n) is 5.69. The summed E-state index contributed by atoms with van der Waals surface area (Å²) < 4.78 is 26.2. The normalized spacial score (nSPS) is 11.9. The third-order valence-electron chi connectivity index (χ3n) is 2.33. The Morgan fingerprint density at radius 2 is 2.18 bits per heavy atom. The van der Waals surface area contributed by atoms with E-state index in [0.29, 0.717) is 18.8 Å². The molecule has 1 aromatic heterocycles. The molecule has 2 N–H and O–H groups in total. The standard InChI is InChI=1S/C10H18BrN3O2S/c1-2-9-12-8-10(14-9)17(15,16)13-7-5-3-4-6-11/h8,13H,2-7H2,1H3,(H,12,14). The van der Waals surface area contributed by atoms with Gasteiger partial charge in [-0.05, 0) is 12.8 Å². The van der Waals surface area contributed by atoms with Gasteiger partial charge < -0.3 is 4.98 Å². The van der Waals surface area contributed by atoms with Crippen LogP contribution < -0.4 is 4.72 Å². The van der Waals surface area contributed by atoms with Gasteiger partial charge in [-0.15, -0.1) is 0 Å². The van der Waals surface area contributed by atoms with Crippen molar-refractivity contribution >= 4 is 26.0 Å². The number of unbranched alkanes of at least 4 members (excludes halogenated alkanes) is 2. The number of hydrogen-bond acceptors (Lipinski definition) is 3. The molecular formula is C10H18BrN3O2S. The molecule has 0 aliphatic carbocycles. The molecule has 0 saturated carbocycles. The summed E-state index contributed by atoms with van der Waals surface area (Å²) in [4.78, 5) is 6.76. The van der Waals surface area contributed by atoms with Crippen molar-refractivity contribution < 1.29 is 8.42 Å². The van der Waals surface area contributed by atoms with E-state index in [2.05, 4.69) is 30.6 Å². The van der Waals surface area contributed by atoms with E-state index in [4.69, 9.17) is 0 Å². The van der Waals surface area contributed by atoms with Gasteiger partial charge in [0, 0.05) is 18.3 Å². The Hall–Kier alpha value is -0.400. The average Bonchev–Trinajstić information content (AvgIpc) is 2.78. The number of alkyl halides is 1. The van der Waals surface area contributed by atoms with Gasteiger partial charge in [0.1, 0.15) is 5.82 Å². The van der Waals surface area contributed by atoms with Crippen LogP contribution in [0.3, 0.4) is 0 Å². The topological polar surface area (TPSA) is 74.8 Å². The summed E-state index contributed by atoms with van der Waals surface area (Å²) in [5, 5.41) is 1.11. The Balaban J connectivity index is 2.45. The Labute approximate surface area is 111 Å². The zero-order chi connectivity index (χ0) is 12.7. The Morgan fingerprint density at radius 1 is 1.41 bits per heavy atom. The number of aromatic amines is 1. The summed E-state index contributed by atoms with van der Waals surface area (Å²) in [6, 6.07) is 0. The number of sulfonamides is 1. The number of aromatic nitrogens is 2. The molecule has 1 aromatic rings. The summed E-state index contributed by atoms with van der Waals surface area (Å²) in [7, 11) is -3.42. The van der Waals surface area contributed by atoms with Gasteiger partial charge in [-0.2, -0.15) is 0 Å². The van der Waals surface area contributed by atoms with Crippen LogP contribution in [0.5, 0.6) is 0 Å². The molecule has 0 bridgehead atoms. The van der Waals surface area contributed by atoms with E-state index in [1.54, 1.807) is 0 Å². The van der Waals surface area contributed by atoms with Gasteiger partial charge in [0.05, 0.1) is 6.20 Å². The van der Waals surface area contributed by atoms with Crippen LogP contribution in [0.4, 0.5) is 0 Å². The van der Waals surface area contributed by atoms with Crippen LogP contribution >= 0.6 is 15.9 Å². The first-order valence-corrected chi connectivity index (χ1v) is 8.30. The second-order valence-electron chi connectivity index (χ2n) is 3.70. The molecule has 7 heteroatoms. The van der Waals surface area contributed by atoms with Crippen LogP contribution in [-0.2, 0) is 16.4 Å². The van der Waals surface area contributed by atoms with Crippen LogP contribution in [0.25, 0.3) is 0 Å². The van der Waals surface area contributed by atoms with Crippen molar-refractivity contribution in [2.24, 2.45) is 0 Å². The van der Waals surface area contributed by atoms with Crippen molar-refractivity contribution in [3.8, 4) is 0 Å². The summed E-state index contributed by atoms with van der Waals surface area (Å²) in [6.45, 7) is 2.39. The van der Waals surface area contributed by atoms with Crippen LogP contribution in [-0.4, -0.2) is 30.3 Å². The molecule has 0 aliphatic rings. The van der Waals surface area contributed by atoms with Crippen molar-refractivity contribution in [3.05, 3.63) is 12.0 Å². The molecule has 0 saturated heterocycles. The van der Waals surface area contributed by atoms with Gasteiger partial charge in [0.2, 0.25) is 0 Å². The quantitative estimate of drug-likeness (QED) is 0.566. The molecule has 0 amide bonds. The minimum absolute atomic E-state index is 0.148. The second-order valence-corrected chi connectivity index (χ2v) is 6.22. The van der Waals surface area contributed by atoms with Gasteiger partial charge in [-0.3, -0.25) is 0 Å². The minimum Gasteiger partial charge on any atom is -0.332 e. The number of imidazole rings is 1. The minimum atomic E-state index is -3.42. The number of aryl methyl sites for hydroxylation is 1. The molecule has 1 heterocycles. The second kappa shape index (κ2) is 7.13. The molecule has 1 rings (SSSR count). The molecule has 0 spiro atoms. The fourth-order valence-electron chi connectivity index (χ4n) is 1.34. The molecule has 0 aromatic carbocycles. The van der Waals surface area contributed by atoms with Crippen molar-refractivity contribution in [2.75, 3.05) is 11.9 Å². The average molecular weight is 324 g/mol. The predicted octanol–water partition coefficient (Wildman–Crippen LogP) is 1.82. The SMILES string of the molecule is CCc1ncc(S(=O)(=O)NCCCCCBr)[nH]1. The van der Waals surface area contributed by atoms with E-state index >= 15 is 0 Å². The van der Waals surface area contributed by atoms with Gasteiger partial charge in [0.15, 0.2) is 5.03 Å². The number of rotatable bonds is 8. The van der Waals surface area contributed by atoms with Crippen molar-refractivity contribution in [3.63, 3.8) is 0 Å². The van der Waals surface area contributed by atoms with E-state index in [1.165, 1.54) is 6.20 Å². The van der Waals surface area contributed by atoms with Crippen LogP contribution in [0.1, 0.15) is 32.0 Å². The molecule has 0 unspecified atom stereocenters. The van der Waals surface area contributed by atoms with E-state index in [-0.39, 0.29) is 5.03 Å². The van der Waals surface area contributed by atoms with Gasteiger partial charge >= 0.3 is 0 Å². The lowest BCUT2D eigenvalue weighted by molar-refractivity contribution is 0.573. The highest BCUT2D eigenvalue weighted by atomic mass is 79.9. The number of hydrogen-bond donors (Lipinski definition) is 2. The smallest absolute Gasteiger partial charge is 0.257 e. The number of halogens is 1. The van der Waals surface area contributed by atoms with E-state index < -0.39 is 10.0 Å². The van der Waals surface area contributed by atoms with Crippen molar-refractivity contribution in [2.45, 2.75) is 37.6 Å². The highest BCUT2D eigenvalue weighted by molar-refractivity contribution is 9.09. The van der Waals surface area contributed by atoms with Crippen molar-refractivity contribution in [1.82, 2.24) is 14.7 Å². The van der Waals surface area contributed by atoms with Crippen molar-refractivity contribution in [1.29, 1.82) is 0 Å². The maximum absolute atomic E-state index is 11.8. The largest absolute Gasteiger partial charge is 0.332 e. The highest BCUT2D eigenvalue weighted by Gasteiger charge is 2.15. The van der Waals surface area contributed by atoms with E-state index in [1.807, 2.05) is 6.92 Å². The lowest BCUT2D eigenvalue weighted by Gasteiger charge is -2.03. The van der Waals surface area contributed by atoms with E-state index in [9.17, 15) is 8.42 Å². The highest BCUT2D eigenvalue weighted by Crippen LogP contribution is 2.06. The third kappa shape index (κ3) is 4.77. The summed E-state index contributed by atoms with van der Waals surface area (Å²) >= 11 is 3.34. The molecular weight excluding hydrogens is 306 g/mol. The molecule has 0 atom stereocenters. The monoisotopic (exact) mass is 323 g/mol. The summed E-state index contributed by atoms with van der Waals surface area (Å²) in [6.07, 6.45) is 4.97. The van der Waals surface area contributed by atoms with Gasteiger partial charge in [0.25, 0.3) is 10.0 Å². The first-order chi connectivity index (χ1) is 8.10. The van der Waals surface area contributed by atoms with Crippen LogP contribution in [0.15, 0.2) is 11.2 Å². The number of nitrogens with one attached hydrogen (secondary N) is 2. The first kappa shape index (κ1) is 14.7. The zero-order valence-electron chi connectivity index (χ0n) is 9.87. The van der Waals surface area contributed by atoms with Gasteiger partial charge in [-0.25, -0.2) is 18.1 Å². The van der Waals surface area contributed by atoms with E-state index in [0.717, 1.165) is 24.6 Å². The molecule has 0 aliphatic heterocycles. The summed E-state index contributed by atoms with van der Waals surface area (Å²) in [5.41, 5.74) is 0. The molecule has 0 fully saturated rings. The molecule has 0 radical (unpaired) electrons. The fourth-order valence-corrected chi connectivity index (χ4v) is 2.75. The van der Waals surface area contributed by atoms with Crippen LogP contribution in [0, 0.1) is 0 Å². The summed E-state index contributed by atoms with van der Waals surface area (Å²) in [5.74, 6) is 0.685. The third-order valence-corrected chi connectivity index (χ3v) is 4.26. The maximum Gasteiger partial charge on any atom is 0.257 e. The molecule has 98 valence electrons. The van der Waals surface area contributed by atoms with Crippen LogP contribution in [0.2, 0.25) is 0 Å². The fraction of sp³-hybridized carbons (Fsp3) is 0.700. The van der Waals surface area contributed by atoms with Gasteiger partial charge in [-0.1, -0.05) is 29.3 Å². The lowest BCUT2D eigenvalue weighted by Crippen LogP contribution is -2.25. The zero-order valence-corrected chi connectivity index (χ0v) is 12.3. The number of nitrogens with zero attached hydrogens (tertiary/aromatic N) is 1. The number of H-pyrrole nitrogens is 1. The maximum atomic E-state index is 11.8. The Morgan fingerprint density at radius 3 is 2.76 bits per heavy atom. The molecule has 17 heavy (non-hydrogen) atoms. The Bertz CT molecular complexity index is 431. The molecule has 5 nitrogen and oxygen atoms in total. The lowest BCUT2D eigenvalue weighted by atomic mass is 10.3. The Kier molecular flexibility index (Phi) is 6.15.